The van der Waals surface area contributed by atoms with E-state index in [0.29, 0.717) is 19.6 Å². The van der Waals surface area contributed by atoms with Crippen LogP contribution in [0.4, 0.5) is 0 Å². The third-order valence-electron chi connectivity index (χ3n) is 3.18. The van der Waals surface area contributed by atoms with Crippen LogP contribution in [0.25, 0.3) is 0 Å². The van der Waals surface area contributed by atoms with Gasteiger partial charge in [0.05, 0.1) is 6.54 Å². The highest BCUT2D eigenvalue weighted by atomic mass is 16.2. The number of piperazine rings is 1. The lowest BCUT2D eigenvalue weighted by atomic mass is 10.3. The molecule has 0 aliphatic carbocycles. The number of carbonyl (C=O) groups is 1. The molecule has 0 unspecified atom stereocenters. The molecule has 6 nitrogen and oxygen atoms in total. The van der Waals surface area contributed by atoms with Gasteiger partial charge in [0, 0.05) is 32.6 Å². The maximum Gasteiger partial charge on any atom is 0.293 e. The number of aryl methyl sites for hydroxylation is 1. The van der Waals surface area contributed by atoms with Crippen molar-refractivity contribution in [1.82, 2.24) is 25.0 Å². The molecule has 1 saturated heterocycles. The lowest BCUT2D eigenvalue weighted by molar-refractivity contribution is 0.0640. The molecule has 19 heavy (non-hydrogen) atoms. The summed E-state index contributed by atoms with van der Waals surface area (Å²) in [5.74, 6) is 3.57. The van der Waals surface area contributed by atoms with Crippen LogP contribution in [-0.4, -0.2) is 63.6 Å². The number of hydrogen-bond donors (Lipinski definition) is 1. The highest BCUT2D eigenvalue weighted by molar-refractivity contribution is 5.90. The van der Waals surface area contributed by atoms with E-state index >= 15 is 0 Å². The monoisotopic (exact) mass is 261 g/mol. The van der Waals surface area contributed by atoms with E-state index in [9.17, 15) is 4.79 Å². The molecule has 0 atom stereocenters. The first kappa shape index (κ1) is 13.6. The third kappa shape index (κ3) is 3.32. The Hall–Kier alpha value is -1.87. The Kier molecular flexibility index (Phi) is 4.53. The highest BCUT2D eigenvalue weighted by Crippen LogP contribution is 2.06. The Bertz CT molecular complexity index is 468. The Morgan fingerprint density at radius 3 is 2.79 bits per heavy atom. The molecule has 2 heterocycles. The van der Waals surface area contributed by atoms with Crippen molar-refractivity contribution in [3.05, 3.63) is 11.6 Å². The van der Waals surface area contributed by atoms with E-state index in [1.165, 1.54) is 0 Å². The lowest BCUT2D eigenvalue weighted by Crippen LogP contribution is -2.48. The van der Waals surface area contributed by atoms with Gasteiger partial charge in [0.25, 0.3) is 5.91 Å². The normalized spacial score (nSPS) is 16.3. The van der Waals surface area contributed by atoms with Gasteiger partial charge in [-0.25, -0.2) is 4.98 Å². The Balaban J connectivity index is 1.91. The van der Waals surface area contributed by atoms with Crippen LogP contribution in [0, 0.1) is 12.3 Å². The van der Waals surface area contributed by atoms with Gasteiger partial charge in [-0.3, -0.25) is 14.8 Å². The van der Waals surface area contributed by atoms with Crippen LogP contribution in [-0.2, 0) is 6.42 Å². The molecule has 0 saturated carbocycles. The largest absolute Gasteiger partial charge is 0.333 e. The van der Waals surface area contributed by atoms with Gasteiger partial charge in [0.15, 0.2) is 0 Å². The topological polar surface area (TPSA) is 65.1 Å². The summed E-state index contributed by atoms with van der Waals surface area (Å²) in [5.41, 5.74) is 0. The lowest BCUT2D eigenvalue weighted by Gasteiger charge is -2.32. The summed E-state index contributed by atoms with van der Waals surface area (Å²) < 4.78 is 0. The smallest absolute Gasteiger partial charge is 0.293 e. The molecule has 2 rings (SSSR count). The van der Waals surface area contributed by atoms with Gasteiger partial charge in [-0.1, -0.05) is 12.8 Å². The summed E-state index contributed by atoms with van der Waals surface area (Å²) in [6.45, 7) is 5.68. The van der Waals surface area contributed by atoms with Crippen molar-refractivity contribution in [2.75, 3.05) is 32.7 Å². The Labute approximate surface area is 113 Å². The first-order valence-electron chi connectivity index (χ1n) is 6.61. The summed E-state index contributed by atoms with van der Waals surface area (Å²) in [5, 5.41) is 6.80. The summed E-state index contributed by atoms with van der Waals surface area (Å²) >= 11 is 0. The van der Waals surface area contributed by atoms with Crippen molar-refractivity contribution >= 4 is 5.91 Å². The molecule has 0 radical (unpaired) electrons. The van der Waals surface area contributed by atoms with Gasteiger partial charge in [-0.2, -0.15) is 0 Å². The maximum atomic E-state index is 12.2. The maximum absolute atomic E-state index is 12.2. The van der Waals surface area contributed by atoms with E-state index in [1.54, 1.807) is 4.90 Å². The second-order valence-corrected chi connectivity index (χ2v) is 4.63. The first-order valence-corrected chi connectivity index (χ1v) is 6.61. The Morgan fingerprint density at radius 2 is 2.16 bits per heavy atom. The zero-order valence-electron chi connectivity index (χ0n) is 11.2. The van der Waals surface area contributed by atoms with Crippen LogP contribution in [0.5, 0.6) is 0 Å². The minimum absolute atomic E-state index is 0.0982. The van der Waals surface area contributed by atoms with Crippen LogP contribution < -0.4 is 0 Å². The summed E-state index contributed by atoms with van der Waals surface area (Å²) in [4.78, 5) is 20.4. The van der Waals surface area contributed by atoms with Crippen molar-refractivity contribution < 1.29 is 4.79 Å². The van der Waals surface area contributed by atoms with Gasteiger partial charge < -0.3 is 4.90 Å². The van der Waals surface area contributed by atoms with E-state index in [1.807, 2.05) is 0 Å². The molecule has 1 aromatic rings. The fourth-order valence-electron chi connectivity index (χ4n) is 2.12. The summed E-state index contributed by atoms with van der Waals surface area (Å²) in [6, 6.07) is 0. The van der Waals surface area contributed by atoms with E-state index in [4.69, 9.17) is 6.42 Å². The second-order valence-electron chi connectivity index (χ2n) is 4.63. The average Bonchev–Trinajstić information content (AvgIpc) is 2.88. The minimum atomic E-state index is -0.0982. The molecule has 0 aromatic carbocycles. The van der Waals surface area contributed by atoms with Crippen molar-refractivity contribution in [3.63, 3.8) is 0 Å². The van der Waals surface area contributed by atoms with Crippen LogP contribution in [0.2, 0.25) is 0 Å². The average molecular weight is 261 g/mol. The molecule has 1 aromatic heterocycles. The third-order valence-corrected chi connectivity index (χ3v) is 3.18. The molecule has 1 aliphatic rings. The van der Waals surface area contributed by atoms with Gasteiger partial charge >= 0.3 is 0 Å². The van der Waals surface area contributed by atoms with Crippen molar-refractivity contribution in [3.8, 4) is 12.3 Å². The molecule has 0 spiro atoms. The molecule has 1 fully saturated rings. The predicted octanol–water partition coefficient (Wildman–Crippen LogP) is 0.148. The molecule has 0 bridgehead atoms. The summed E-state index contributed by atoms with van der Waals surface area (Å²) in [7, 11) is 0. The van der Waals surface area contributed by atoms with Crippen LogP contribution in [0.3, 0.4) is 0 Å². The number of hydrogen-bond acceptors (Lipinski definition) is 4. The van der Waals surface area contributed by atoms with E-state index < -0.39 is 0 Å². The molecule has 102 valence electrons. The fraction of sp³-hybridized carbons (Fsp3) is 0.615. The number of amides is 1. The Morgan fingerprint density at radius 1 is 1.42 bits per heavy atom. The highest BCUT2D eigenvalue weighted by Gasteiger charge is 2.24. The van der Waals surface area contributed by atoms with Crippen LogP contribution >= 0.6 is 0 Å². The number of nitrogens with one attached hydrogen (secondary N) is 1. The van der Waals surface area contributed by atoms with Crippen LogP contribution in [0.15, 0.2) is 0 Å². The van der Waals surface area contributed by atoms with E-state index in [2.05, 4.69) is 32.9 Å². The SMILES string of the molecule is C#CCN1CCN(C(=O)c2n[nH]c(CCC)n2)CC1. The van der Waals surface area contributed by atoms with Crippen molar-refractivity contribution in [2.24, 2.45) is 0 Å². The molecular weight excluding hydrogens is 242 g/mol. The molecule has 1 amide bonds. The number of terminal acetylenes is 1. The fourth-order valence-corrected chi connectivity index (χ4v) is 2.12. The predicted molar refractivity (Wildman–Crippen MR) is 71.6 cm³/mol. The zero-order chi connectivity index (χ0) is 13.7. The first-order chi connectivity index (χ1) is 9.24. The molecular formula is C13H19N5O. The zero-order valence-corrected chi connectivity index (χ0v) is 11.2. The quantitative estimate of drug-likeness (QED) is 0.784. The molecule has 1 N–H and O–H groups in total. The van der Waals surface area contributed by atoms with Crippen molar-refractivity contribution in [1.29, 1.82) is 0 Å². The number of rotatable bonds is 4. The molecule has 1 aliphatic heterocycles. The van der Waals surface area contributed by atoms with Gasteiger partial charge in [-0.05, 0) is 6.42 Å². The summed E-state index contributed by atoms with van der Waals surface area (Å²) in [6.07, 6.45) is 7.08. The minimum Gasteiger partial charge on any atom is -0.333 e. The number of nitrogens with zero attached hydrogens (tertiary/aromatic N) is 4. The van der Waals surface area contributed by atoms with Crippen molar-refractivity contribution in [2.45, 2.75) is 19.8 Å². The van der Waals surface area contributed by atoms with Gasteiger partial charge in [0.1, 0.15) is 5.82 Å². The second kappa shape index (κ2) is 6.34. The van der Waals surface area contributed by atoms with E-state index in [0.717, 1.165) is 31.8 Å². The standard InChI is InChI=1S/C13H19N5O/c1-3-5-11-14-12(16-15-11)13(19)18-9-7-17(6-4-2)8-10-18/h2H,3,5-10H2,1H3,(H,14,15,16). The number of aromatic nitrogens is 3. The van der Waals surface area contributed by atoms with E-state index in [-0.39, 0.29) is 11.7 Å². The number of H-pyrrole nitrogens is 1. The molecule has 6 heteroatoms. The number of carbonyl (C=O) groups excluding carboxylic acids is 1. The number of aromatic amines is 1. The van der Waals surface area contributed by atoms with Gasteiger partial charge in [0.2, 0.25) is 5.82 Å². The van der Waals surface area contributed by atoms with Gasteiger partial charge in [-0.15, -0.1) is 11.5 Å². The van der Waals surface area contributed by atoms with Crippen LogP contribution in [0.1, 0.15) is 29.8 Å².